The lowest BCUT2D eigenvalue weighted by Gasteiger charge is -2.15. The highest BCUT2D eigenvalue weighted by Gasteiger charge is 2.20. The number of amides is 1. The molecule has 0 aliphatic carbocycles. The Balaban J connectivity index is 2.33. The lowest BCUT2D eigenvalue weighted by molar-refractivity contribution is 0.0940. The molecule has 2 aromatic rings. The number of nitrogens with one attached hydrogen (secondary N) is 2. The number of para-hydroxylation sites is 1. The Bertz CT molecular complexity index is 900. The van der Waals surface area contributed by atoms with Crippen molar-refractivity contribution >= 4 is 33.2 Å². The number of methoxy groups -OCH3 is 1. The van der Waals surface area contributed by atoms with Crippen LogP contribution < -0.4 is 14.8 Å². The second-order valence-corrected chi connectivity index (χ2v) is 7.82. The molecule has 6 nitrogen and oxygen atoms in total. The minimum atomic E-state index is -3.92. The molecule has 1 atom stereocenters. The summed E-state index contributed by atoms with van der Waals surface area (Å²) in [5.41, 5.74) is 0.441. The number of sulfonamides is 1. The molecule has 0 saturated carbocycles. The van der Waals surface area contributed by atoms with Crippen molar-refractivity contribution in [3.05, 3.63) is 53.1 Å². The van der Waals surface area contributed by atoms with Gasteiger partial charge >= 0.3 is 0 Å². The van der Waals surface area contributed by atoms with Crippen molar-refractivity contribution in [1.29, 1.82) is 0 Å². The summed E-state index contributed by atoms with van der Waals surface area (Å²) >= 11 is 6.01. The van der Waals surface area contributed by atoms with Crippen LogP contribution in [0, 0.1) is 0 Å². The third kappa shape index (κ3) is 4.68. The van der Waals surface area contributed by atoms with E-state index in [4.69, 9.17) is 16.3 Å². The molecule has 1 amide bonds. The standard InChI is InChI=1S/C18H21ClN2O4S/c1-4-12(2)20-18(22)14-7-5-6-8-16(14)21-26(23,24)13-9-10-17(25-3)15(19)11-13/h5-12,21H,4H2,1-3H3,(H,20,22)/t12-/m0/s1. The molecule has 0 unspecified atom stereocenters. The zero-order chi connectivity index (χ0) is 19.3. The van der Waals surface area contributed by atoms with Crippen molar-refractivity contribution in [2.24, 2.45) is 0 Å². The summed E-state index contributed by atoms with van der Waals surface area (Å²) in [6.07, 6.45) is 0.768. The average molecular weight is 397 g/mol. The van der Waals surface area contributed by atoms with Crippen LogP contribution in [0.1, 0.15) is 30.6 Å². The molecule has 0 radical (unpaired) electrons. The number of hydrogen-bond acceptors (Lipinski definition) is 4. The number of rotatable bonds is 7. The van der Waals surface area contributed by atoms with Gasteiger partial charge in [0.15, 0.2) is 0 Å². The van der Waals surface area contributed by atoms with E-state index in [-0.39, 0.29) is 33.1 Å². The van der Waals surface area contributed by atoms with E-state index < -0.39 is 10.0 Å². The topological polar surface area (TPSA) is 84.5 Å². The number of hydrogen-bond donors (Lipinski definition) is 2. The predicted octanol–water partition coefficient (Wildman–Crippen LogP) is 3.68. The maximum absolute atomic E-state index is 12.7. The van der Waals surface area contributed by atoms with Crippen LogP contribution in [0.5, 0.6) is 5.75 Å². The van der Waals surface area contributed by atoms with Crippen molar-refractivity contribution in [2.75, 3.05) is 11.8 Å². The molecule has 26 heavy (non-hydrogen) atoms. The zero-order valence-corrected chi connectivity index (χ0v) is 16.3. The first-order valence-electron chi connectivity index (χ1n) is 8.04. The monoisotopic (exact) mass is 396 g/mol. The molecular formula is C18H21ClN2O4S. The average Bonchev–Trinajstić information content (AvgIpc) is 2.61. The summed E-state index contributed by atoms with van der Waals surface area (Å²) in [5, 5.41) is 3.00. The van der Waals surface area contributed by atoms with E-state index in [1.165, 1.54) is 31.4 Å². The lowest BCUT2D eigenvalue weighted by Crippen LogP contribution is -2.32. The van der Waals surface area contributed by atoms with Crippen LogP contribution in [0.4, 0.5) is 5.69 Å². The van der Waals surface area contributed by atoms with Gasteiger partial charge in [-0.05, 0) is 43.7 Å². The maximum atomic E-state index is 12.7. The second-order valence-electron chi connectivity index (χ2n) is 5.73. The molecule has 0 spiro atoms. The van der Waals surface area contributed by atoms with Crippen LogP contribution in [0.2, 0.25) is 5.02 Å². The van der Waals surface area contributed by atoms with E-state index in [1.807, 2.05) is 13.8 Å². The summed E-state index contributed by atoms with van der Waals surface area (Å²) in [6, 6.07) is 10.6. The minimum Gasteiger partial charge on any atom is -0.495 e. The van der Waals surface area contributed by atoms with Gasteiger partial charge in [-0.25, -0.2) is 8.42 Å². The molecule has 0 heterocycles. The van der Waals surface area contributed by atoms with Gasteiger partial charge in [-0.1, -0.05) is 30.7 Å². The van der Waals surface area contributed by atoms with Crippen molar-refractivity contribution in [3.8, 4) is 5.75 Å². The Morgan fingerprint density at radius 2 is 1.92 bits per heavy atom. The smallest absolute Gasteiger partial charge is 0.261 e. The Labute approximate surface area is 158 Å². The molecule has 8 heteroatoms. The van der Waals surface area contributed by atoms with E-state index in [1.54, 1.807) is 18.2 Å². The molecule has 0 bridgehead atoms. The molecule has 0 aliphatic heterocycles. The number of halogens is 1. The molecule has 0 fully saturated rings. The quantitative estimate of drug-likeness (QED) is 0.747. The maximum Gasteiger partial charge on any atom is 0.261 e. The van der Waals surface area contributed by atoms with Gasteiger partial charge in [0.1, 0.15) is 5.75 Å². The van der Waals surface area contributed by atoms with Gasteiger partial charge in [0.05, 0.1) is 28.3 Å². The van der Waals surface area contributed by atoms with Crippen molar-refractivity contribution in [2.45, 2.75) is 31.2 Å². The number of ether oxygens (including phenoxy) is 1. The van der Waals surface area contributed by atoms with Crippen molar-refractivity contribution in [1.82, 2.24) is 5.32 Å². The summed E-state index contributed by atoms with van der Waals surface area (Å²) in [5.74, 6) is 0.0318. The molecule has 140 valence electrons. The molecular weight excluding hydrogens is 376 g/mol. The lowest BCUT2D eigenvalue weighted by atomic mass is 10.1. The van der Waals surface area contributed by atoms with Gasteiger partial charge in [-0.3, -0.25) is 9.52 Å². The van der Waals surface area contributed by atoms with Crippen LogP contribution in [0.3, 0.4) is 0 Å². The third-order valence-electron chi connectivity index (χ3n) is 3.84. The highest BCUT2D eigenvalue weighted by Crippen LogP contribution is 2.28. The first-order chi connectivity index (χ1) is 12.3. The van der Waals surface area contributed by atoms with Crippen LogP contribution >= 0.6 is 11.6 Å². The Morgan fingerprint density at radius 3 is 2.54 bits per heavy atom. The number of benzene rings is 2. The van der Waals surface area contributed by atoms with Crippen LogP contribution in [0.15, 0.2) is 47.4 Å². The molecule has 2 rings (SSSR count). The third-order valence-corrected chi connectivity index (χ3v) is 5.50. The van der Waals surface area contributed by atoms with E-state index in [9.17, 15) is 13.2 Å². The summed E-state index contributed by atoms with van der Waals surface area (Å²) < 4.78 is 32.8. The van der Waals surface area contributed by atoms with Gasteiger partial charge in [0, 0.05) is 6.04 Å². The summed E-state index contributed by atoms with van der Waals surface area (Å²) in [7, 11) is -2.48. The number of carbonyl (C=O) groups excluding carboxylic acids is 1. The molecule has 0 saturated heterocycles. The normalized spacial score (nSPS) is 12.3. The van der Waals surface area contributed by atoms with Gasteiger partial charge < -0.3 is 10.1 Å². The summed E-state index contributed by atoms with van der Waals surface area (Å²) in [6.45, 7) is 3.83. The molecule has 0 aromatic heterocycles. The first kappa shape index (κ1) is 20.1. The van der Waals surface area contributed by atoms with Gasteiger partial charge in [-0.2, -0.15) is 0 Å². The fraction of sp³-hybridized carbons (Fsp3) is 0.278. The zero-order valence-electron chi connectivity index (χ0n) is 14.7. The fourth-order valence-corrected chi connectivity index (χ4v) is 3.62. The number of carbonyl (C=O) groups is 1. The van der Waals surface area contributed by atoms with Crippen LogP contribution in [-0.4, -0.2) is 27.5 Å². The van der Waals surface area contributed by atoms with Gasteiger partial charge in [-0.15, -0.1) is 0 Å². The molecule has 2 aromatic carbocycles. The van der Waals surface area contributed by atoms with Crippen molar-refractivity contribution in [3.63, 3.8) is 0 Å². The predicted molar refractivity (Wildman–Crippen MR) is 102 cm³/mol. The molecule has 2 N–H and O–H groups in total. The summed E-state index contributed by atoms with van der Waals surface area (Å²) in [4.78, 5) is 12.4. The van der Waals surface area contributed by atoms with Gasteiger partial charge in [0.25, 0.3) is 15.9 Å². The highest BCUT2D eigenvalue weighted by molar-refractivity contribution is 7.92. The Hall–Kier alpha value is -2.25. The van der Waals surface area contributed by atoms with E-state index in [0.717, 1.165) is 6.42 Å². The Kier molecular flexibility index (Phi) is 6.50. The minimum absolute atomic E-state index is 0.0208. The largest absolute Gasteiger partial charge is 0.495 e. The van der Waals surface area contributed by atoms with Crippen LogP contribution in [0.25, 0.3) is 0 Å². The highest BCUT2D eigenvalue weighted by atomic mass is 35.5. The SMILES string of the molecule is CC[C@H](C)NC(=O)c1ccccc1NS(=O)(=O)c1ccc(OC)c(Cl)c1. The Morgan fingerprint density at radius 1 is 1.23 bits per heavy atom. The van der Waals surface area contributed by atoms with E-state index in [2.05, 4.69) is 10.0 Å². The second kappa shape index (κ2) is 8.42. The van der Waals surface area contributed by atoms with E-state index >= 15 is 0 Å². The first-order valence-corrected chi connectivity index (χ1v) is 9.90. The van der Waals surface area contributed by atoms with Gasteiger partial charge in [0.2, 0.25) is 0 Å². The molecule has 0 aliphatic rings. The van der Waals surface area contributed by atoms with Crippen molar-refractivity contribution < 1.29 is 17.9 Å². The van der Waals surface area contributed by atoms with E-state index in [0.29, 0.717) is 5.75 Å². The fourth-order valence-electron chi connectivity index (χ4n) is 2.19. The number of anilines is 1. The van der Waals surface area contributed by atoms with Crippen LogP contribution in [-0.2, 0) is 10.0 Å².